The van der Waals surface area contributed by atoms with Crippen molar-refractivity contribution in [2.45, 2.75) is 17.3 Å². The summed E-state index contributed by atoms with van der Waals surface area (Å²) in [6, 6.07) is 16.8. The van der Waals surface area contributed by atoms with Crippen LogP contribution in [-0.4, -0.2) is 16.9 Å². The third kappa shape index (κ3) is 1.68. The number of thiol groups is 1. The van der Waals surface area contributed by atoms with E-state index < -0.39 is 0 Å². The zero-order valence-corrected chi connectivity index (χ0v) is 12.4. The van der Waals surface area contributed by atoms with Crippen LogP contribution in [0.4, 0.5) is 11.4 Å². The number of para-hydroxylation sites is 2. The lowest BCUT2D eigenvalue weighted by atomic mass is 10.00. The fraction of sp³-hybridized carbons (Fsp3) is 0.188. The van der Waals surface area contributed by atoms with Crippen molar-refractivity contribution < 1.29 is 0 Å². The zero-order chi connectivity index (χ0) is 13.7. The molecular formula is C16H14N2S2. The Balaban J connectivity index is 1.68. The van der Waals surface area contributed by atoms with Crippen LogP contribution in [0.15, 0.2) is 48.5 Å². The highest BCUT2D eigenvalue weighted by atomic mass is 32.1. The molecule has 20 heavy (non-hydrogen) atoms. The number of benzene rings is 2. The summed E-state index contributed by atoms with van der Waals surface area (Å²) in [6.07, 6.45) is 0. The molecule has 0 aromatic heterocycles. The average Bonchev–Trinajstić information content (AvgIpc) is 2.98. The predicted molar refractivity (Wildman–Crippen MR) is 91.1 cm³/mol. The van der Waals surface area contributed by atoms with Gasteiger partial charge in [0.05, 0.1) is 17.3 Å². The van der Waals surface area contributed by atoms with Crippen molar-refractivity contribution in [2.75, 3.05) is 10.6 Å². The van der Waals surface area contributed by atoms with Gasteiger partial charge in [0.2, 0.25) is 0 Å². The molecule has 0 saturated heterocycles. The predicted octanol–water partition coefficient (Wildman–Crippen LogP) is 3.66. The summed E-state index contributed by atoms with van der Waals surface area (Å²) in [5.74, 6) is 0. The van der Waals surface area contributed by atoms with E-state index in [9.17, 15) is 0 Å². The molecule has 2 nitrogen and oxygen atoms in total. The van der Waals surface area contributed by atoms with Gasteiger partial charge >= 0.3 is 0 Å². The topological polar surface area (TPSA) is 24.1 Å². The quantitative estimate of drug-likeness (QED) is 0.553. The fourth-order valence-electron chi connectivity index (χ4n) is 3.08. The largest absolute Gasteiger partial charge is 0.378 e. The van der Waals surface area contributed by atoms with Crippen LogP contribution in [-0.2, 0) is 0 Å². The molecular weight excluding hydrogens is 284 g/mol. The molecule has 0 fully saturated rings. The number of rotatable bonds is 1. The Labute approximate surface area is 129 Å². The lowest BCUT2D eigenvalue weighted by Crippen LogP contribution is -2.40. The molecule has 2 aliphatic rings. The van der Waals surface area contributed by atoms with Gasteiger partial charge in [-0.15, -0.1) is 0 Å². The molecule has 0 bridgehead atoms. The third-order valence-corrected chi connectivity index (χ3v) is 5.16. The van der Waals surface area contributed by atoms with E-state index >= 15 is 0 Å². The van der Waals surface area contributed by atoms with Gasteiger partial charge in [0, 0.05) is 21.8 Å². The maximum absolute atomic E-state index is 5.66. The molecule has 2 aliphatic heterocycles. The van der Waals surface area contributed by atoms with Crippen LogP contribution in [0.1, 0.15) is 16.4 Å². The van der Waals surface area contributed by atoms with E-state index in [2.05, 4.69) is 41.0 Å². The molecule has 3 atom stereocenters. The Morgan fingerprint density at radius 3 is 2.35 bits per heavy atom. The summed E-state index contributed by atoms with van der Waals surface area (Å²) in [6.45, 7) is 0. The zero-order valence-electron chi connectivity index (χ0n) is 10.7. The molecule has 4 rings (SSSR count). The molecule has 2 N–H and O–H groups in total. The average molecular weight is 298 g/mol. The van der Waals surface area contributed by atoms with Gasteiger partial charge in [0.1, 0.15) is 0 Å². The monoisotopic (exact) mass is 298 g/mol. The first-order chi connectivity index (χ1) is 9.75. The highest BCUT2D eigenvalue weighted by molar-refractivity contribution is 7.81. The summed E-state index contributed by atoms with van der Waals surface area (Å²) < 4.78 is 0. The van der Waals surface area contributed by atoms with E-state index in [-0.39, 0.29) is 17.3 Å². The summed E-state index contributed by atoms with van der Waals surface area (Å²) in [7, 11) is 0. The SMILES string of the molecule is S=C1c2ccccc2NC1C1Nc2ccccc2C1S. The van der Waals surface area contributed by atoms with Crippen molar-refractivity contribution in [1.82, 2.24) is 0 Å². The number of thiocarbonyl (C=S) groups is 1. The van der Waals surface area contributed by atoms with E-state index in [1.54, 1.807) is 0 Å². The fourth-order valence-corrected chi connectivity index (χ4v) is 3.94. The first kappa shape index (κ1) is 12.2. The van der Waals surface area contributed by atoms with Crippen LogP contribution in [0, 0.1) is 0 Å². The lowest BCUT2D eigenvalue weighted by molar-refractivity contribution is 0.722. The Kier molecular flexibility index (Phi) is 2.75. The molecule has 0 aliphatic carbocycles. The summed E-state index contributed by atoms with van der Waals surface area (Å²) >= 11 is 10.5. The van der Waals surface area contributed by atoms with Crippen LogP contribution in [0.2, 0.25) is 0 Å². The maximum Gasteiger partial charge on any atom is 0.0837 e. The van der Waals surface area contributed by atoms with Gasteiger partial charge in [-0.25, -0.2) is 0 Å². The number of hydrogen-bond acceptors (Lipinski definition) is 4. The normalized spacial score (nSPS) is 26.6. The Morgan fingerprint density at radius 2 is 1.60 bits per heavy atom. The van der Waals surface area contributed by atoms with Crippen molar-refractivity contribution >= 4 is 41.1 Å². The standard InChI is InChI=1S/C16H14N2S2/c19-15-9-5-1-3-7-11(9)17-13(15)14-16(20)10-6-2-4-8-12(10)18-14/h1-8,13-15,17-19H. The van der Waals surface area contributed by atoms with Crippen LogP contribution in [0.3, 0.4) is 0 Å². The molecule has 0 saturated carbocycles. The van der Waals surface area contributed by atoms with Gasteiger partial charge in [0.25, 0.3) is 0 Å². The van der Waals surface area contributed by atoms with Gasteiger partial charge in [-0.2, -0.15) is 12.6 Å². The molecule has 0 radical (unpaired) electrons. The molecule has 0 amide bonds. The maximum atomic E-state index is 5.66. The molecule has 2 aromatic rings. The molecule has 0 spiro atoms. The van der Waals surface area contributed by atoms with Crippen LogP contribution in [0.25, 0.3) is 0 Å². The Bertz CT molecular complexity index is 698. The smallest absolute Gasteiger partial charge is 0.0837 e. The molecule has 4 heteroatoms. The van der Waals surface area contributed by atoms with Crippen molar-refractivity contribution in [3.63, 3.8) is 0 Å². The first-order valence-electron chi connectivity index (χ1n) is 6.69. The number of nitrogens with one attached hydrogen (secondary N) is 2. The van der Waals surface area contributed by atoms with E-state index in [1.807, 2.05) is 18.2 Å². The second-order valence-corrected chi connectivity index (χ2v) is 6.23. The van der Waals surface area contributed by atoms with Crippen LogP contribution in [0.5, 0.6) is 0 Å². The van der Waals surface area contributed by atoms with Crippen LogP contribution < -0.4 is 10.6 Å². The van der Waals surface area contributed by atoms with Crippen molar-refractivity contribution in [1.29, 1.82) is 0 Å². The second-order valence-electron chi connectivity index (χ2n) is 5.23. The highest BCUT2D eigenvalue weighted by Crippen LogP contribution is 2.42. The molecule has 2 aromatic carbocycles. The number of anilines is 2. The summed E-state index contributed by atoms with van der Waals surface area (Å²) in [5, 5.41) is 7.25. The van der Waals surface area contributed by atoms with E-state index in [4.69, 9.17) is 24.8 Å². The highest BCUT2D eigenvalue weighted by Gasteiger charge is 2.40. The first-order valence-corrected chi connectivity index (χ1v) is 7.61. The van der Waals surface area contributed by atoms with Gasteiger partial charge in [-0.3, -0.25) is 0 Å². The van der Waals surface area contributed by atoms with Gasteiger partial charge < -0.3 is 10.6 Å². The van der Waals surface area contributed by atoms with Crippen molar-refractivity contribution in [3.8, 4) is 0 Å². The van der Waals surface area contributed by atoms with Gasteiger partial charge in [-0.1, -0.05) is 48.6 Å². The minimum Gasteiger partial charge on any atom is -0.378 e. The Morgan fingerprint density at radius 1 is 0.900 bits per heavy atom. The third-order valence-electron chi connectivity index (χ3n) is 4.09. The van der Waals surface area contributed by atoms with Crippen molar-refractivity contribution in [2.24, 2.45) is 0 Å². The van der Waals surface area contributed by atoms with Gasteiger partial charge in [-0.05, 0) is 17.7 Å². The van der Waals surface area contributed by atoms with E-state index in [1.165, 1.54) is 5.56 Å². The number of hydrogen-bond donors (Lipinski definition) is 3. The van der Waals surface area contributed by atoms with E-state index in [0.717, 1.165) is 21.8 Å². The van der Waals surface area contributed by atoms with Crippen molar-refractivity contribution in [3.05, 3.63) is 59.7 Å². The number of fused-ring (bicyclic) bond motifs is 2. The second kappa shape index (κ2) is 4.50. The van der Waals surface area contributed by atoms with Gasteiger partial charge in [0.15, 0.2) is 0 Å². The molecule has 3 unspecified atom stereocenters. The van der Waals surface area contributed by atoms with Crippen LogP contribution >= 0.6 is 24.8 Å². The minimum absolute atomic E-state index is 0.109. The molecule has 2 heterocycles. The molecule has 100 valence electrons. The minimum atomic E-state index is 0.109. The Hall–Kier alpha value is -1.52. The summed E-state index contributed by atoms with van der Waals surface area (Å²) in [4.78, 5) is 0.977. The van der Waals surface area contributed by atoms with E-state index in [0.29, 0.717) is 0 Å². The summed E-state index contributed by atoms with van der Waals surface area (Å²) in [5.41, 5.74) is 4.69. The lowest BCUT2D eigenvalue weighted by Gasteiger charge is -2.24.